The number of nitrogens with zero attached hydrogens (tertiary/aromatic N) is 3. The zero-order valence-electron chi connectivity index (χ0n) is 14.7. The maximum atomic E-state index is 12.9. The van der Waals surface area contributed by atoms with Gasteiger partial charge in [0.05, 0.1) is 11.6 Å². The summed E-state index contributed by atoms with van der Waals surface area (Å²) in [5, 5.41) is 15.2. The lowest BCUT2D eigenvalue weighted by Crippen LogP contribution is -2.29. The van der Waals surface area contributed by atoms with Gasteiger partial charge in [-0.15, -0.1) is 0 Å². The molecular formula is C20H14ClN3O4. The number of benzene rings is 1. The van der Waals surface area contributed by atoms with Crippen molar-refractivity contribution in [1.29, 1.82) is 0 Å². The number of carbonyl (C=O) groups is 2. The molecule has 1 unspecified atom stereocenters. The third-order valence-electron chi connectivity index (χ3n) is 4.45. The van der Waals surface area contributed by atoms with Crippen molar-refractivity contribution in [1.82, 2.24) is 10.1 Å². The number of rotatable bonds is 3. The fourth-order valence-corrected chi connectivity index (χ4v) is 3.29. The lowest BCUT2D eigenvalue weighted by Gasteiger charge is -2.22. The van der Waals surface area contributed by atoms with Crippen LogP contribution >= 0.6 is 11.6 Å². The molecule has 2 aromatic heterocycles. The van der Waals surface area contributed by atoms with E-state index >= 15 is 0 Å². The van der Waals surface area contributed by atoms with E-state index in [2.05, 4.69) is 10.1 Å². The van der Waals surface area contributed by atoms with E-state index in [4.69, 9.17) is 16.1 Å². The standard InChI is InChI=1S/C20H14ClN3O4/c1-11-10-15(23-28-11)24-17(12-6-8-22-9-7-12)16(19(26)20(24)27)18(25)13-2-4-14(21)5-3-13/h2-10,17,25H,1H3/b18-16-. The van der Waals surface area contributed by atoms with Gasteiger partial charge in [0.25, 0.3) is 5.78 Å². The van der Waals surface area contributed by atoms with Crippen LogP contribution in [0, 0.1) is 6.92 Å². The quantitative estimate of drug-likeness (QED) is 0.413. The van der Waals surface area contributed by atoms with Crippen LogP contribution in [-0.4, -0.2) is 26.9 Å². The number of hydrogen-bond acceptors (Lipinski definition) is 6. The van der Waals surface area contributed by atoms with E-state index in [1.54, 1.807) is 61.8 Å². The topological polar surface area (TPSA) is 96.5 Å². The van der Waals surface area contributed by atoms with E-state index in [-0.39, 0.29) is 17.2 Å². The minimum atomic E-state index is -0.872. The predicted octanol–water partition coefficient (Wildman–Crippen LogP) is 3.66. The first-order valence-electron chi connectivity index (χ1n) is 8.37. The fraction of sp³-hybridized carbons (Fsp3) is 0.100. The summed E-state index contributed by atoms with van der Waals surface area (Å²) in [6, 6.07) is 10.4. The van der Waals surface area contributed by atoms with Crippen LogP contribution in [-0.2, 0) is 9.59 Å². The molecule has 1 amide bonds. The predicted molar refractivity (Wildman–Crippen MR) is 102 cm³/mol. The van der Waals surface area contributed by atoms with Gasteiger partial charge in [-0.3, -0.25) is 19.5 Å². The number of carbonyl (C=O) groups excluding carboxylic acids is 2. The number of amides is 1. The molecule has 28 heavy (non-hydrogen) atoms. The number of hydrogen-bond donors (Lipinski definition) is 1. The molecule has 1 aliphatic rings. The first kappa shape index (κ1) is 17.9. The highest BCUT2D eigenvalue weighted by atomic mass is 35.5. The second-order valence-corrected chi connectivity index (χ2v) is 6.69. The number of anilines is 1. The molecule has 0 aliphatic carbocycles. The Balaban J connectivity index is 1.93. The molecule has 0 saturated carbocycles. The number of aryl methyl sites for hydroxylation is 1. The van der Waals surface area contributed by atoms with Gasteiger partial charge in [0.2, 0.25) is 0 Å². The van der Waals surface area contributed by atoms with Crippen molar-refractivity contribution in [2.45, 2.75) is 13.0 Å². The lowest BCUT2D eigenvalue weighted by molar-refractivity contribution is -0.132. The second kappa shape index (κ2) is 6.94. The van der Waals surface area contributed by atoms with E-state index in [1.807, 2.05) is 0 Å². The molecule has 1 atom stereocenters. The molecule has 1 saturated heterocycles. The maximum absolute atomic E-state index is 12.9. The first-order valence-corrected chi connectivity index (χ1v) is 8.75. The number of halogens is 1. The number of ketones is 1. The average molecular weight is 396 g/mol. The molecule has 0 radical (unpaired) electrons. The number of aliphatic hydroxyl groups excluding tert-OH is 1. The van der Waals surface area contributed by atoms with Gasteiger partial charge in [-0.05, 0) is 48.9 Å². The van der Waals surface area contributed by atoms with Crippen LogP contribution < -0.4 is 4.90 Å². The summed E-state index contributed by atoms with van der Waals surface area (Å²) < 4.78 is 5.08. The van der Waals surface area contributed by atoms with Crippen molar-refractivity contribution < 1.29 is 19.2 Å². The minimum absolute atomic E-state index is 0.0424. The number of aliphatic hydroxyl groups is 1. The fourth-order valence-electron chi connectivity index (χ4n) is 3.16. The maximum Gasteiger partial charge on any atom is 0.301 e. The third kappa shape index (κ3) is 2.95. The summed E-state index contributed by atoms with van der Waals surface area (Å²) in [6.45, 7) is 1.68. The molecule has 1 aromatic carbocycles. The number of pyridine rings is 1. The summed E-state index contributed by atoms with van der Waals surface area (Å²) >= 11 is 5.91. The molecule has 140 valence electrons. The largest absolute Gasteiger partial charge is 0.507 e. The van der Waals surface area contributed by atoms with Crippen LogP contribution in [0.3, 0.4) is 0 Å². The van der Waals surface area contributed by atoms with E-state index in [0.29, 0.717) is 21.9 Å². The molecule has 7 nitrogen and oxygen atoms in total. The van der Waals surface area contributed by atoms with Gasteiger partial charge in [-0.2, -0.15) is 0 Å². The van der Waals surface area contributed by atoms with Crippen LogP contribution in [0.5, 0.6) is 0 Å². The Labute approximate surface area is 164 Å². The van der Waals surface area contributed by atoms with Crippen LogP contribution in [0.25, 0.3) is 5.76 Å². The highest BCUT2D eigenvalue weighted by Crippen LogP contribution is 2.41. The molecule has 3 heterocycles. The Morgan fingerprint density at radius 2 is 1.82 bits per heavy atom. The first-order chi connectivity index (χ1) is 13.5. The number of aromatic nitrogens is 2. The van der Waals surface area contributed by atoms with Crippen LogP contribution in [0.15, 0.2) is 65.0 Å². The highest BCUT2D eigenvalue weighted by molar-refractivity contribution is 6.51. The highest BCUT2D eigenvalue weighted by Gasteiger charge is 2.48. The number of Topliss-reactive ketones (excluding diaryl/α,β-unsaturated/α-hetero) is 1. The van der Waals surface area contributed by atoms with Gasteiger partial charge in [-0.1, -0.05) is 16.8 Å². The monoisotopic (exact) mass is 395 g/mol. The van der Waals surface area contributed by atoms with Gasteiger partial charge in [0.15, 0.2) is 5.82 Å². The van der Waals surface area contributed by atoms with Crippen molar-refractivity contribution in [2.24, 2.45) is 0 Å². The summed E-state index contributed by atoms with van der Waals surface area (Å²) in [7, 11) is 0. The Morgan fingerprint density at radius 3 is 2.43 bits per heavy atom. The van der Waals surface area contributed by atoms with Crippen molar-refractivity contribution in [3.05, 3.63) is 82.3 Å². The Hall–Kier alpha value is -3.45. The van der Waals surface area contributed by atoms with E-state index < -0.39 is 17.7 Å². The SMILES string of the molecule is Cc1cc(N2C(=O)C(=O)/C(=C(\O)c3ccc(Cl)cc3)C2c2ccncc2)no1. The van der Waals surface area contributed by atoms with Crippen molar-refractivity contribution >= 4 is 34.9 Å². The molecule has 4 rings (SSSR count). The lowest BCUT2D eigenvalue weighted by atomic mass is 9.96. The zero-order valence-corrected chi connectivity index (χ0v) is 15.4. The molecule has 8 heteroatoms. The normalized spacial score (nSPS) is 18.6. The average Bonchev–Trinajstić information content (AvgIpc) is 3.24. The second-order valence-electron chi connectivity index (χ2n) is 6.25. The van der Waals surface area contributed by atoms with E-state index in [0.717, 1.165) is 0 Å². The summed E-state index contributed by atoms with van der Waals surface area (Å²) in [5.41, 5.74) is 0.933. The minimum Gasteiger partial charge on any atom is -0.507 e. The van der Waals surface area contributed by atoms with Crippen LogP contribution in [0.1, 0.15) is 22.9 Å². The van der Waals surface area contributed by atoms with Gasteiger partial charge in [0.1, 0.15) is 11.5 Å². The Bertz CT molecular complexity index is 1090. The van der Waals surface area contributed by atoms with Crippen LogP contribution in [0.4, 0.5) is 5.82 Å². The van der Waals surface area contributed by atoms with E-state index in [1.165, 1.54) is 4.90 Å². The zero-order chi connectivity index (χ0) is 19.8. The molecule has 1 fully saturated rings. The van der Waals surface area contributed by atoms with Crippen molar-refractivity contribution in [3.8, 4) is 0 Å². The summed E-state index contributed by atoms with van der Waals surface area (Å²) in [5.74, 6) is -1.22. The molecule has 3 aromatic rings. The van der Waals surface area contributed by atoms with Gasteiger partial charge < -0.3 is 9.63 Å². The molecule has 1 aliphatic heterocycles. The van der Waals surface area contributed by atoms with Gasteiger partial charge in [0, 0.05) is 29.0 Å². The van der Waals surface area contributed by atoms with E-state index in [9.17, 15) is 14.7 Å². The molecule has 0 spiro atoms. The third-order valence-corrected chi connectivity index (χ3v) is 4.70. The molecule has 0 bridgehead atoms. The summed E-state index contributed by atoms with van der Waals surface area (Å²) in [4.78, 5) is 30.9. The van der Waals surface area contributed by atoms with Crippen molar-refractivity contribution in [3.63, 3.8) is 0 Å². The van der Waals surface area contributed by atoms with Crippen LogP contribution in [0.2, 0.25) is 5.02 Å². The van der Waals surface area contributed by atoms with Crippen molar-refractivity contribution in [2.75, 3.05) is 4.90 Å². The van der Waals surface area contributed by atoms with Gasteiger partial charge >= 0.3 is 5.91 Å². The molecular weight excluding hydrogens is 382 g/mol. The summed E-state index contributed by atoms with van der Waals surface area (Å²) in [6.07, 6.45) is 3.09. The molecule has 1 N–H and O–H groups in total. The Kier molecular flexibility index (Phi) is 4.44. The Morgan fingerprint density at radius 1 is 1.14 bits per heavy atom. The van der Waals surface area contributed by atoms with Gasteiger partial charge in [-0.25, -0.2) is 0 Å². The smallest absolute Gasteiger partial charge is 0.301 e.